The summed E-state index contributed by atoms with van der Waals surface area (Å²) < 4.78 is 15.3. The number of aliphatic imine (C=N–C) groups is 1. The van der Waals surface area contributed by atoms with Crippen molar-refractivity contribution in [3.63, 3.8) is 0 Å². The Morgan fingerprint density at radius 2 is 2.10 bits per heavy atom. The van der Waals surface area contributed by atoms with E-state index < -0.39 is 5.82 Å². The molecule has 4 rings (SSSR count). The van der Waals surface area contributed by atoms with E-state index in [9.17, 15) is 9.59 Å². The monoisotopic (exact) mass is 406 g/mol. The molecule has 0 atom stereocenters. The van der Waals surface area contributed by atoms with Gasteiger partial charge in [-0.3, -0.25) is 9.59 Å². The number of hydrogen-bond acceptors (Lipinski definition) is 5. The highest BCUT2D eigenvalue weighted by atomic mass is 19.1. The van der Waals surface area contributed by atoms with Crippen LogP contribution in [0.15, 0.2) is 35.3 Å². The molecule has 2 aliphatic heterocycles. The molecule has 1 aromatic carbocycles. The summed E-state index contributed by atoms with van der Waals surface area (Å²) in [6, 6.07) is 7.02. The number of halogens is 1. The van der Waals surface area contributed by atoms with Crippen LogP contribution in [0.5, 0.6) is 0 Å². The van der Waals surface area contributed by atoms with E-state index >= 15 is 4.39 Å². The minimum absolute atomic E-state index is 0.0136. The summed E-state index contributed by atoms with van der Waals surface area (Å²) >= 11 is 0. The molecule has 0 spiro atoms. The quantitative estimate of drug-likeness (QED) is 0.818. The Morgan fingerprint density at radius 3 is 2.83 bits per heavy atom. The van der Waals surface area contributed by atoms with Gasteiger partial charge in [0.1, 0.15) is 11.5 Å². The van der Waals surface area contributed by atoms with Gasteiger partial charge in [0, 0.05) is 32.0 Å². The van der Waals surface area contributed by atoms with E-state index in [1.165, 1.54) is 0 Å². The molecule has 1 aromatic heterocycles. The molecular weight excluding hydrogens is 383 g/mol. The predicted molar refractivity (Wildman–Crippen MR) is 114 cm³/mol. The molecule has 6 nitrogen and oxygen atoms in total. The number of hydrogen-bond donors (Lipinski definition) is 2. The summed E-state index contributed by atoms with van der Waals surface area (Å²) in [6.07, 6.45) is 3.17. The van der Waals surface area contributed by atoms with E-state index in [1.54, 1.807) is 32.2 Å². The summed E-state index contributed by atoms with van der Waals surface area (Å²) in [5, 5.41) is 5.86. The summed E-state index contributed by atoms with van der Waals surface area (Å²) in [5.41, 5.74) is 4.66. The smallest absolute Gasteiger partial charge is 0.269 e. The maximum atomic E-state index is 15.3. The zero-order valence-electron chi connectivity index (χ0n) is 17.0. The lowest BCUT2D eigenvalue weighted by Gasteiger charge is -2.19. The minimum atomic E-state index is -0.422. The van der Waals surface area contributed by atoms with Crippen molar-refractivity contribution < 1.29 is 14.0 Å². The highest BCUT2D eigenvalue weighted by Gasteiger charge is 2.23. The summed E-state index contributed by atoms with van der Waals surface area (Å²) in [6.45, 7) is 3.26. The third kappa shape index (κ3) is 3.80. The van der Waals surface area contributed by atoms with Crippen molar-refractivity contribution in [3.05, 3.63) is 64.2 Å². The molecule has 1 amide bonds. The van der Waals surface area contributed by atoms with Crippen LogP contribution in [-0.4, -0.2) is 42.5 Å². The highest BCUT2D eigenvalue weighted by Crippen LogP contribution is 2.31. The van der Waals surface area contributed by atoms with E-state index in [-0.39, 0.29) is 24.5 Å². The van der Waals surface area contributed by atoms with Crippen LogP contribution in [0.1, 0.15) is 46.2 Å². The average molecular weight is 406 g/mol. The molecule has 3 heterocycles. The Balaban J connectivity index is 1.77. The molecule has 2 N–H and O–H groups in total. The van der Waals surface area contributed by atoms with Gasteiger partial charge in [-0.2, -0.15) is 0 Å². The van der Waals surface area contributed by atoms with Crippen LogP contribution < -0.4 is 10.6 Å². The van der Waals surface area contributed by atoms with Gasteiger partial charge < -0.3 is 10.6 Å². The fourth-order valence-corrected chi connectivity index (χ4v) is 3.83. The van der Waals surface area contributed by atoms with Gasteiger partial charge in [-0.1, -0.05) is 18.2 Å². The van der Waals surface area contributed by atoms with Crippen molar-refractivity contribution in [1.29, 1.82) is 0 Å². The Labute approximate surface area is 174 Å². The SMILES string of the molecule is CNC(=O)c1ccc(C2=CCNCC2)c(Cc2ccc3c(c2F)CC(=O)C(C)=N3)n1. The Hall–Kier alpha value is -3.19. The normalized spacial score (nSPS) is 15.9. The van der Waals surface area contributed by atoms with Crippen molar-refractivity contribution >= 4 is 28.7 Å². The Bertz CT molecular complexity index is 1100. The lowest BCUT2D eigenvalue weighted by molar-refractivity contribution is -0.112. The molecule has 2 aromatic rings. The van der Waals surface area contributed by atoms with Gasteiger partial charge in [-0.25, -0.2) is 14.4 Å². The molecule has 2 aliphatic rings. The van der Waals surface area contributed by atoms with Gasteiger partial charge in [0.25, 0.3) is 5.91 Å². The molecule has 7 heteroatoms. The topological polar surface area (TPSA) is 83.5 Å². The zero-order chi connectivity index (χ0) is 21.3. The van der Waals surface area contributed by atoms with Crippen LogP contribution >= 0.6 is 0 Å². The van der Waals surface area contributed by atoms with Crippen LogP contribution in [-0.2, 0) is 17.6 Å². The zero-order valence-corrected chi connectivity index (χ0v) is 17.0. The second kappa shape index (κ2) is 8.28. The van der Waals surface area contributed by atoms with Gasteiger partial charge >= 0.3 is 0 Å². The van der Waals surface area contributed by atoms with Gasteiger partial charge in [-0.05, 0) is 48.7 Å². The number of benzene rings is 1. The first kappa shape index (κ1) is 20.1. The second-order valence-corrected chi connectivity index (χ2v) is 7.46. The van der Waals surface area contributed by atoms with Crippen molar-refractivity contribution in [2.24, 2.45) is 4.99 Å². The lowest BCUT2D eigenvalue weighted by Crippen LogP contribution is -2.22. The average Bonchev–Trinajstić information content (AvgIpc) is 2.77. The standard InChI is InChI=1S/C23H23FN4O2/c1-13-21(29)12-17-18(27-13)5-3-15(22(17)24)11-20-16(14-7-9-26-10-8-14)4-6-19(28-20)23(30)25-2/h3-7,26H,8-12H2,1-2H3,(H,25,30). The molecule has 0 aliphatic carbocycles. The summed E-state index contributed by atoms with van der Waals surface area (Å²) in [7, 11) is 1.55. The molecule has 0 unspecified atom stereocenters. The molecule has 0 saturated carbocycles. The number of pyridine rings is 1. The molecule has 154 valence electrons. The number of nitrogens with one attached hydrogen (secondary N) is 2. The van der Waals surface area contributed by atoms with Crippen molar-refractivity contribution in [1.82, 2.24) is 15.6 Å². The number of carbonyl (C=O) groups excluding carboxylic acids is 2. The van der Waals surface area contributed by atoms with Crippen molar-refractivity contribution in [3.8, 4) is 0 Å². The van der Waals surface area contributed by atoms with Crippen molar-refractivity contribution in [2.45, 2.75) is 26.2 Å². The third-order valence-electron chi connectivity index (χ3n) is 5.53. The van der Waals surface area contributed by atoms with Gasteiger partial charge in [-0.15, -0.1) is 0 Å². The molecule has 0 bridgehead atoms. The van der Waals surface area contributed by atoms with Crippen molar-refractivity contribution in [2.75, 3.05) is 20.1 Å². The maximum Gasteiger partial charge on any atom is 0.269 e. The van der Waals surface area contributed by atoms with E-state index in [2.05, 4.69) is 26.7 Å². The summed E-state index contributed by atoms with van der Waals surface area (Å²) in [4.78, 5) is 32.9. The minimum Gasteiger partial charge on any atom is -0.354 e. The number of rotatable bonds is 4. The molecule has 0 saturated heterocycles. The first-order valence-electron chi connectivity index (χ1n) is 9.98. The van der Waals surface area contributed by atoms with Gasteiger partial charge in [0.05, 0.1) is 17.1 Å². The number of nitrogens with zero attached hydrogens (tertiary/aromatic N) is 2. The largest absolute Gasteiger partial charge is 0.354 e. The van der Waals surface area contributed by atoms with E-state index in [0.29, 0.717) is 33.9 Å². The molecule has 0 radical (unpaired) electrons. The van der Waals surface area contributed by atoms with Crippen LogP contribution in [0.25, 0.3) is 5.57 Å². The van der Waals surface area contributed by atoms with Gasteiger partial charge in [0.2, 0.25) is 0 Å². The third-order valence-corrected chi connectivity index (χ3v) is 5.53. The lowest BCUT2D eigenvalue weighted by atomic mass is 9.92. The first-order chi connectivity index (χ1) is 14.5. The fraction of sp³-hybridized carbons (Fsp3) is 0.304. The maximum absolute atomic E-state index is 15.3. The van der Waals surface area contributed by atoms with E-state index in [1.807, 2.05) is 6.07 Å². The molecule has 30 heavy (non-hydrogen) atoms. The molecule has 0 fully saturated rings. The fourth-order valence-electron chi connectivity index (χ4n) is 3.83. The number of amides is 1. The van der Waals surface area contributed by atoms with Crippen LogP contribution in [0.2, 0.25) is 0 Å². The number of Topliss-reactive ketones (excluding diaryl/α,β-unsaturated/α-hetero) is 1. The first-order valence-corrected chi connectivity index (χ1v) is 9.98. The van der Waals surface area contributed by atoms with Crippen LogP contribution in [0, 0.1) is 5.82 Å². The number of aromatic nitrogens is 1. The Morgan fingerprint density at radius 1 is 1.27 bits per heavy atom. The second-order valence-electron chi connectivity index (χ2n) is 7.46. The predicted octanol–water partition coefficient (Wildman–Crippen LogP) is 2.77. The Kier molecular flexibility index (Phi) is 5.55. The number of carbonyl (C=O) groups is 2. The molecular formula is C23H23FN4O2. The summed E-state index contributed by atoms with van der Waals surface area (Å²) in [5.74, 6) is -0.878. The van der Waals surface area contributed by atoms with Crippen LogP contribution in [0.3, 0.4) is 0 Å². The van der Waals surface area contributed by atoms with Crippen LogP contribution in [0.4, 0.5) is 10.1 Å². The van der Waals surface area contributed by atoms with E-state index in [4.69, 9.17) is 0 Å². The number of fused-ring (bicyclic) bond motifs is 1. The highest BCUT2D eigenvalue weighted by molar-refractivity contribution is 6.40. The number of ketones is 1. The van der Waals surface area contributed by atoms with Gasteiger partial charge in [0.15, 0.2) is 5.78 Å². The van der Waals surface area contributed by atoms with E-state index in [0.717, 1.165) is 30.6 Å².